The van der Waals surface area contributed by atoms with Crippen molar-refractivity contribution in [1.82, 2.24) is 19.1 Å². The van der Waals surface area contributed by atoms with Crippen molar-refractivity contribution in [2.24, 2.45) is 14.1 Å². The number of pyridine rings is 2. The molecular weight excluding hydrogens is 455 g/mol. The third kappa shape index (κ3) is 5.06. The van der Waals surface area contributed by atoms with E-state index in [1.165, 1.54) is 22.8 Å². The highest BCUT2D eigenvalue weighted by molar-refractivity contribution is 6.30. The first-order chi connectivity index (χ1) is 16.3. The summed E-state index contributed by atoms with van der Waals surface area (Å²) in [5.74, 6) is -0.387. The van der Waals surface area contributed by atoms with Gasteiger partial charge < -0.3 is 14.2 Å². The predicted octanol–water partition coefficient (Wildman–Crippen LogP) is 4.89. The zero-order chi connectivity index (χ0) is 24.2. The molecule has 3 aromatic heterocycles. The van der Waals surface area contributed by atoms with E-state index in [0.717, 1.165) is 0 Å². The lowest BCUT2D eigenvalue weighted by molar-refractivity contribution is 0.215. The van der Waals surface area contributed by atoms with Crippen molar-refractivity contribution in [3.8, 4) is 11.1 Å². The average molecular weight is 477 g/mol. The number of fused-ring (bicyclic) bond motifs is 1. The van der Waals surface area contributed by atoms with Gasteiger partial charge in [-0.25, -0.2) is 9.37 Å². The zero-order valence-corrected chi connectivity index (χ0v) is 19.3. The third-order valence-electron chi connectivity index (χ3n) is 5.39. The number of aryl methyl sites for hydroxylation is 2. The SMILES string of the molecule is Cn1c(=O)cc(-c2cccc(F)c2)c2cc(C(O)c3ccc(Cl)cc3)ncc21.Cn1ccnc1. The van der Waals surface area contributed by atoms with Gasteiger partial charge in [0, 0.05) is 43.0 Å². The minimum atomic E-state index is -0.959. The molecular formula is C26H22ClFN4O2. The summed E-state index contributed by atoms with van der Waals surface area (Å²) in [6, 6.07) is 16.1. The Morgan fingerprint density at radius 1 is 1.06 bits per heavy atom. The molecule has 1 N–H and O–H groups in total. The predicted molar refractivity (Wildman–Crippen MR) is 131 cm³/mol. The van der Waals surface area contributed by atoms with Crippen LogP contribution in [0.4, 0.5) is 4.39 Å². The van der Waals surface area contributed by atoms with Crippen LogP contribution in [-0.2, 0) is 14.1 Å². The summed E-state index contributed by atoms with van der Waals surface area (Å²) in [5, 5.41) is 12.0. The molecule has 8 heteroatoms. The lowest BCUT2D eigenvalue weighted by Crippen LogP contribution is -2.17. The van der Waals surface area contributed by atoms with Gasteiger partial charge in [-0.15, -0.1) is 0 Å². The van der Waals surface area contributed by atoms with Crippen LogP contribution < -0.4 is 5.56 Å². The topological polar surface area (TPSA) is 72.9 Å². The van der Waals surface area contributed by atoms with E-state index in [-0.39, 0.29) is 11.4 Å². The van der Waals surface area contributed by atoms with Crippen LogP contribution in [0.25, 0.3) is 22.0 Å². The van der Waals surface area contributed by atoms with Gasteiger partial charge in [0.05, 0.1) is 23.7 Å². The Bertz CT molecular complexity index is 1480. The number of rotatable bonds is 3. The number of nitrogens with zero attached hydrogens (tertiary/aromatic N) is 4. The molecule has 1 atom stereocenters. The molecule has 2 aromatic carbocycles. The lowest BCUT2D eigenvalue weighted by atomic mass is 9.99. The van der Waals surface area contributed by atoms with Crippen molar-refractivity contribution >= 4 is 22.5 Å². The van der Waals surface area contributed by atoms with E-state index < -0.39 is 6.10 Å². The molecule has 0 saturated carbocycles. The summed E-state index contributed by atoms with van der Waals surface area (Å²) >= 11 is 5.91. The second-order valence-corrected chi connectivity index (χ2v) is 8.21. The maximum Gasteiger partial charge on any atom is 0.251 e. The number of aliphatic hydroxyl groups is 1. The van der Waals surface area contributed by atoms with E-state index in [1.54, 1.807) is 68.2 Å². The molecule has 0 amide bonds. The number of benzene rings is 2. The molecule has 0 fully saturated rings. The molecule has 0 saturated heterocycles. The summed E-state index contributed by atoms with van der Waals surface area (Å²) in [5.41, 5.74) is 2.61. The van der Waals surface area contributed by atoms with Gasteiger partial charge in [-0.3, -0.25) is 9.78 Å². The molecule has 3 heterocycles. The van der Waals surface area contributed by atoms with Crippen LogP contribution in [0.3, 0.4) is 0 Å². The zero-order valence-electron chi connectivity index (χ0n) is 18.6. The monoisotopic (exact) mass is 476 g/mol. The summed E-state index contributed by atoms with van der Waals surface area (Å²) in [6.45, 7) is 0. The Balaban J connectivity index is 0.000000398. The van der Waals surface area contributed by atoms with Crippen molar-refractivity contribution in [2.45, 2.75) is 6.10 Å². The van der Waals surface area contributed by atoms with Gasteiger partial charge in [0.15, 0.2) is 0 Å². The standard InChI is InChI=1S/C22H16ClFN2O2.C4H6N2/c1-26-20-12-25-19(22(28)13-5-7-15(23)8-6-13)10-18(20)17(11-21(26)27)14-3-2-4-16(24)9-14;1-6-3-2-5-4-6/h2-12,22,28H,1H3;2-4H,1H3. The fraction of sp³-hybridized carbons (Fsp3) is 0.115. The smallest absolute Gasteiger partial charge is 0.251 e. The second kappa shape index (κ2) is 9.99. The lowest BCUT2D eigenvalue weighted by Gasteiger charge is -2.15. The highest BCUT2D eigenvalue weighted by Crippen LogP contribution is 2.30. The molecule has 34 heavy (non-hydrogen) atoms. The average Bonchev–Trinajstić information content (AvgIpc) is 3.32. The minimum Gasteiger partial charge on any atom is -0.382 e. The van der Waals surface area contributed by atoms with Gasteiger partial charge in [-0.2, -0.15) is 0 Å². The third-order valence-corrected chi connectivity index (χ3v) is 5.64. The second-order valence-electron chi connectivity index (χ2n) is 7.77. The first-order valence-corrected chi connectivity index (χ1v) is 10.8. The molecule has 0 aliphatic heterocycles. The van der Waals surface area contributed by atoms with Crippen LogP contribution in [0.15, 0.2) is 90.4 Å². The molecule has 0 bridgehead atoms. The van der Waals surface area contributed by atoms with Gasteiger partial charge in [0.1, 0.15) is 11.9 Å². The maximum absolute atomic E-state index is 13.7. The number of hydrogen-bond acceptors (Lipinski definition) is 4. The van der Waals surface area contributed by atoms with Crippen molar-refractivity contribution in [2.75, 3.05) is 0 Å². The van der Waals surface area contributed by atoms with E-state index in [0.29, 0.717) is 38.3 Å². The largest absolute Gasteiger partial charge is 0.382 e. The van der Waals surface area contributed by atoms with Gasteiger partial charge in [-0.1, -0.05) is 35.9 Å². The highest BCUT2D eigenvalue weighted by atomic mass is 35.5. The quantitative estimate of drug-likeness (QED) is 0.402. The number of aromatic nitrogens is 4. The summed E-state index contributed by atoms with van der Waals surface area (Å²) < 4.78 is 17.1. The molecule has 5 rings (SSSR count). The molecule has 172 valence electrons. The van der Waals surface area contributed by atoms with E-state index in [2.05, 4.69) is 9.97 Å². The summed E-state index contributed by atoms with van der Waals surface area (Å²) in [4.78, 5) is 20.5. The van der Waals surface area contributed by atoms with Gasteiger partial charge in [0.2, 0.25) is 0 Å². The van der Waals surface area contributed by atoms with E-state index in [4.69, 9.17) is 11.6 Å². The van der Waals surface area contributed by atoms with Gasteiger partial charge >= 0.3 is 0 Å². The fourth-order valence-electron chi connectivity index (χ4n) is 3.55. The summed E-state index contributed by atoms with van der Waals surface area (Å²) in [6.07, 6.45) is 5.98. The number of aliphatic hydroxyl groups excluding tert-OH is 1. The molecule has 0 aliphatic rings. The molecule has 0 aliphatic carbocycles. The van der Waals surface area contributed by atoms with Crippen LogP contribution in [-0.4, -0.2) is 24.2 Å². The molecule has 0 radical (unpaired) electrons. The Labute approximate surface area is 200 Å². The van der Waals surface area contributed by atoms with Crippen LogP contribution in [0.5, 0.6) is 0 Å². The van der Waals surface area contributed by atoms with Crippen molar-refractivity contribution in [3.05, 3.63) is 118 Å². The van der Waals surface area contributed by atoms with E-state index in [9.17, 15) is 14.3 Å². The Morgan fingerprint density at radius 3 is 2.44 bits per heavy atom. The van der Waals surface area contributed by atoms with Crippen molar-refractivity contribution < 1.29 is 9.50 Å². The van der Waals surface area contributed by atoms with Crippen molar-refractivity contribution in [1.29, 1.82) is 0 Å². The molecule has 1 unspecified atom stereocenters. The van der Waals surface area contributed by atoms with Crippen LogP contribution in [0.2, 0.25) is 5.02 Å². The first-order valence-electron chi connectivity index (χ1n) is 10.4. The normalized spacial score (nSPS) is 11.7. The van der Waals surface area contributed by atoms with Crippen LogP contribution in [0.1, 0.15) is 17.4 Å². The highest BCUT2D eigenvalue weighted by Gasteiger charge is 2.16. The molecule has 5 aromatic rings. The Hall–Kier alpha value is -3.81. The number of hydrogen-bond donors (Lipinski definition) is 1. The van der Waals surface area contributed by atoms with E-state index in [1.807, 2.05) is 17.8 Å². The fourth-order valence-corrected chi connectivity index (χ4v) is 3.68. The summed E-state index contributed by atoms with van der Waals surface area (Å²) in [7, 11) is 3.59. The van der Waals surface area contributed by atoms with E-state index >= 15 is 0 Å². The number of imidazole rings is 1. The minimum absolute atomic E-state index is 0.223. The molecule has 6 nitrogen and oxygen atoms in total. The van der Waals surface area contributed by atoms with Gasteiger partial charge in [0.25, 0.3) is 5.56 Å². The van der Waals surface area contributed by atoms with Crippen LogP contribution >= 0.6 is 11.6 Å². The first kappa shape index (κ1) is 23.4. The maximum atomic E-state index is 13.7. The molecule has 0 spiro atoms. The Kier molecular flexibility index (Phi) is 6.86. The Morgan fingerprint density at radius 2 is 1.82 bits per heavy atom. The van der Waals surface area contributed by atoms with Crippen LogP contribution in [0, 0.1) is 5.82 Å². The number of halogens is 2. The van der Waals surface area contributed by atoms with Gasteiger partial charge in [-0.05, 0) is 47.0 Å². The van der Waals surface area contributed by atoms with Crippen molar-refractivity contribution in [3.63, 3.8) is 0 Å².